The van der Waals surface area contributed by atoms with Gasteiger partial charge < -0.3 is 50.8 Å². The number of fused-ring (bicyclic) bond motifs is 3. The van der Waals surface area contributed by atoms with E-state index in [1.165, 1.54) is 5.56 Å². The SMILES string of the molecule is CO[C@@H](C)COC1N=C(N2C[C@@H]3C[C@H]2CN3)c2cc(C3CC3)c(-c3c(C)ccc(N)c3C=[NH2+])c(OCc3ccc(-c4cn([C@H](C(=O)N5CCC[C@H]5C(=O)N[C@@H](CO)c5ccc(-c6cccnc6C)cc5)C(C)C)nn4)cc3)c2N1. The molecule has 2 amide bonds. The van der Waals surface area contributed by atoms with E-state index in [4.69, 9.17) is 30.3 Å². The quantitative estimate of drug-likeness (QED) is 0.0399. The molecule has 2 aromatic heterocycles. The van der Waals surface area contributed by atoms with E-state index >= 15 is 0 Å². The molecule has 4 aromatic carbocycles. The van der Waals surface area contributed by atoms with Crippen LogP contribution in [0.25, 0.3) is 33.5 Å². The smallest absolute Gasteiger partial charge is 0.248 e. The van der Waals surface area contributed by atoms with Gasteiger partial charge in [-0.2, -0.15) is 0 Å². The van der Waals surface area contributed by atoms with Gasteiger partial charge in [0.15, 0.2) is 12.0 Å². The van der Waals surface area contributed by atoms with Crippen molar-refractivity contribution >= 4 is 35.2 Å². The lowest BCUT2D eigenvalue weighted by atomic mass is 9.86. The molecule has 6 aromatic rings. The van der Waals surface area contributed by atoms with E-state index in [0.29, 0.717) is 61.1 Å². The summed E-state index contributed by atoms with van der Waals surface area (Å²) in [6.45, 7) is 12.4. The third-order valence-electron chi connectivity index (χ3n) is 16.5. The highest BCUT2D eigenvalue weighted by Gasteiger charge is 2.44. The predicted octanol–water partition coefficient (Wildman–Crippen LogP) is 6.10. The molecule has 18 heteroatoms. The van der Waals surface area contributed by atoms with Crippen LogP contribution in [0.1, 0.15) is 110 Å². The van der Waals surface area contributed by atoms with E-state index in [1.54, 1.807) is 35.3 Å². The maximum Gasteiger partial charge on any atom is 0.248 e. The van der Waals surface area contributed by atoms with E-state index in [-0.39, 0.29) is 37.0 Å². The van der Waals surface area contributed by atoms with Crippen molar-refractivity contribution < 1.29 is 34.3 Å². The van der Waals surface area contributed by atoms with Crippen LogP contribution in [0.2, 0.25) is 0 Å². The Labute approximate surface area is 461 Å². The summed E-state index contributed by atoms with van der Waals surface area (Å²) in [7, 11) is 1.68. The van der Waals surface area contributed by atoms with Crippen LogP contribution in [0.4, 0.5) is 11.4 Å². The summed E-state index contributed by atoms with van der Waals surface area (Å²) in [5, 5.41) is 36.3. The predicted molar refractivity (Wildman–Crippen MR) is 304 cm³/mol. The van der Waals surface area contributed by atoms with Crippen molar-refractivity contribution in [2.24, 2.45) is 10.9 Å². The number of likely N-dealkylation sites (tertiary alicyclic amines) is 2. The summed E-state index contributed by atoms with van der Waals surface area (Å²) in [5.41, 5.74) is 20.0. The number of nitrogen functional groups attached to an aromatic ring is 1. The number of aliphatic hydroxyl groups excluding tert-OH is 1. The number of nitrogens with two attached hydrogens (primary N) is 2. The molecule has 3 saturated heterocycles. The van der Waals surface area contributed by atoms with Crippen LogP contribution >= 0.6 is 0 Å². The standard InChI is InChI=1S/C61H72N12O6/c1-34(2)56(60(76)71-24-8-10-52(71)59(75)66-51(31-74)42-20-18-39(19-21-42)45-9-7-23-64-37(45)5)73-30-50(69-70-73)41-14-12-38(13-15-41)33-78-57-54(53-35(3)11-22-49(63)48(53)27-62)46(40-16-17-40)26-47-55(57)67-61(79-32-36(4)77-6)68-58(47)72-29-43-25-44(72)28-65-43/h7,9,11-15,18-23,26-27,30,34,36,40,43-44,51-52,56,61-62,65,67,74H,8,10,16-17,24-25,28-29,31-33,63H2,1-6H3,(H,66,75)/p+1/t36-,43-,44-,51-,52-,56-,61?/m0/s1. The van der Waals surface area contributed by atoms with E-state index in [2.05, 4.69) is 49.1 Å². The van der Waals surface area contributed by atoms with Gasteiger partial charge in [0.1, 0.15) is 30.2 Å². The number of hydrogen-bond acceptors (Lipinski definition) is 14. The van der Waals surface area contributed by atoms with Gasteiger partial charge in [0.05, 0.1) is 42.8 Å². The summed E-state index contributed by atoms with van der Waals surface area (Å²) >= 11 is 0. The number of aliphatic imine (C=N–C) groups is 1. The van der Waals surface area contributed by atoms with Crippen molar-refractivity contribution in [3.05, 3.63) is 130 Å². The Morgan fingerprint density at radius 2 is 1.77 bits per heavy atom. The highest BCUT2D eigenvalue weighted by Crippen LogP contribution is 2.54. The number of nitrogens with zero attached hydrogens (tertiary/aromatic N) is 7. The van der Waals surface area contributed by atoms with Gasteiger partial charge in [-0.25, -0.2) is 9.67 Å². The third kappa shape index (κ3) is 10.7. The number of benzene rings is 4. The Kier molecular flexibility index (Phi) is 15.4. The van der Waals surface area contributed by atoms with Crippen LogP contribution in [0.5, 0.6) is 5.75 Å². The zero-order valence-electron chi connectivity index (χ0n) is 46.0. The highest BCUT2D eigenvalue weighted by molar-refractivity contribution is 6.09. The minimum atomic E-state index is -0.711. The van der Waals surface area contributed by atoms with Crippen molar-refractivity contribution in [2.75, 3.05) is 51.0 Å². The van der Waals surface area contributed by atoms with Gasteiger partial charge in [-0.1, -0.05) is 79.7 Å². The molecule has 79 heavy (non-hydrogen) atoms. The second kappa shape index (κ2) is 22.7. The molecule has 5 aliphatic rings. The minimum Gasteiger partial charge on any atom is -0.486 e. The van der Waals surface area contributed by atoms with E-state index < -0.39 is 24.5 Å². The molecule has 0 radical (unpaired) electrons. The average molecular weight is 1070 g/mol. The monoisotopic (exact) mass is 1070 g/mol. The number of carbonyl (C=O) groups is 2. The third-order valence-corrected chi connectivity index (χ3v) is 16.5. The van der Waals surface area contributed by atoms with Crippen molar-refractivity contribution in [3.63, 3.8) is 0 Å². The van der Waals surface area contributed by atoms with Crippen molar-refractivity contribution in [2.45, 2.75) is 122 Å². The molecular weight excluding hydrogens is 997 g/mol. The number of aryl methyl sites for hydroxylation is 2. The molecule has 7 atom stereocenters. The molecular formula is C61H73N12O6+. The van der Waals surface area contributed by atoms with Gasteiger partial charge in [-0.05, 0) is 111 Å². The number of piperazine rings is 1. The topological polar surface area (TPSA) is 232 Å². The van der Waals surface area contributed by atoms with Crippen LogP contribution < -0.4 is 31.8 Å². The van der Waals surface area contributed by atoms with Gasteiger partial charge in [0, 0.05) is 84.2 Å². The number of aliphatic hydroxyl groups is 1. The average Bonchev–Trinajstić information content (AvgIpc) is 4.11. The molecule has 4 fully saturated rings. The zero-order valence-corrected chi connectivity index (χ0v) is 46.0. The number of hydrogen-bond donors (Lipinski definition) is 6. The lowest BCUT2D eigenvalue weighted by Crippen LogP contribution is -2.50. The first-order valence-corrected chi connectivity index (χ1v) is 27.8. The maximum atomic E-state index is 14.6. The summed E-state index contributed by atoms with van der Waals surface area (Å²) < 4.78 is 20.9. The van der Waals surface area contributed by atoms with Crippen molar-refractivity contribution in [1.29, 1.82) is 0 Å². The van der Waals surface area contributed by atoms with Crippen molar-refractivity contribution in [1.82, 2.24) is 40.4 Å². The zero-order chi connectivity index (χ0) is 55.1. The van der Waals surface area contributed by atoms with Crippen LogP contribution in [-0.4, -0.2) is 129 Å². The van der Waals surface area contributed by atoms with Crippen LogP contribution in [0.3, 0.4) is 0 Å². The first-order valence-electron chi connectivity index (χ1n) is 27.8. The molecule has 6 heterocycles. The summed E-state index contributed by atoms with van der Waals surface area (Å²) in [5.74, 6) is 1.23. The minimum absolute atomic E-state index is 0.143. The summed E-state index contributed by atoms with van der Waals surface area (Å²) in [6.07, 6.45) is 8.67. The number of aromatic nitrogens is 4. The number of rotatable bonds is 19. The molecule has 18 nitrogen and oxygen atoms in total. The normalized spacial score (nSPS) is 20.6. The molecule has 11 rings (SSSR count). The molecule has 2 bridgehead atoms. The second-order valence-electron chi connectivity index (χ2n) is 22.2. The fourth-order valence-electron chi connectivity index (χ4n) is 12.0. The molecule has 0 spiro atoms. The van der Waals surface area contributed by atoms with Crippen molar-refractivity contribution in [3.8, 4) is 39.3 Å². The van der Waals surface area contributed by atoms with Gasteiger partial charge in [0.25, 0.3) is 0 Å². The first kappa shape index (κ1) is 53.5. The molecule has 4 aliphatic heterocycles. The largest absolute Gasteiger partial charge is 0.486 e. The first-order chi connectivity index (χ1) is 38.3. The molecule has 8 N–H and O–H groups in total. The number of methoxy groups -OCH3 is 1. The van der Waals surface area contributed by atoms with Gasteiger partial charge >= 0.3 is 0 Å². The molecule has 1 aliphatic carbocycles. The summed E-state index contributed by atoms with van der Waals surface area (Å²) in [4.78, 5) is 42.4. The Morgan fingerprint density at radius 3 is 2.46 bits per heavy atom. The number of amides is 2. The lowest BCUT2D eigenvalue weighted by molar-refractivity contribution is -0.142. The lowest BCUT2D eigenvalue weighted by Gasteiger charge is -2.37. The Morgan fingerprint density at radius 1 is 0.987 bits per heavy atom. The van der Waals surface area contributed by atoms with Gasteiger partial charge in [-0.3, -0.25) is 20.0 Å². The highest BCUT2D eigenvalue weighted by atomic mass is 16.5. The molecule has 1 unspecified atom stereocenters. The van der Waals surface area contributed by atoms with E-state index in [1.807, 2.05) is 100 Å². The number of nitrogens with one attached hydrogen (secondary N) is 3. The maximum absolute atomic E-state index is 14.6. The van der Waals surface area contributed by atoms with Gasteiger partial charge in [0.2, 0.25) is 18.2 Å². The van der Waals surface area contributed by atoms with E-state index in [9.17, 15) is 14.7 Å². The number of amidine groups is 1. The second-order valence-corrected chi connectivity index (χ2v) is 22.2. The Hall–Kier alpha value is -7.51. The molecule has 1 saturated carbocycles. The summed E-state index contributed by atoms with van der Waals surface area (Å²) in [6, 6.07) is 24.6. The van der Waals surface area contributed by atoms with Crippen LogP contribution in [0, 0.1) is 19.8 Å². The van der Waals surface area contributed by atoms with Gasteiger partial charge in [-0.15, -0.1) is 5.10 Å². The van der Waals surface area contributed by atoms with Crippen LogP contribution in [-0.2, 0) is 25.7 Å². The Balaban J connectivity index is 0.842. The fraction of sp³-hybridized carbons (Fsp3) is 0.426. The molecule has 412 valence electrons. The number of pyridine rings is 1. The van der Waals surface area contributed by atoms with Crippen LogP contribution in [0.15, 0.2) is 96.2 Å². The number of ether oxygens (including phenoxy) is 3. The van der Waals surface area contributed by atoms with E-state index in [0.717, 1.165) is 105 Å². The number of anilines is 2. The fourth-order valence-corrected chi connectivity index (χ4v) is 12.0. The Bertz CT molecular complexity index is 3270. The number of carbonyl (C=O) groups excluding carboxylic acids is 2.